The van der Waals surface area contributed by atoms with Crippen molar-refractivity contribution < 1.29 is 9.18 Å². The summed E-state index contributed by atoms with van der Waals surface area (Å²) in [7, 11) is 0. The molecule has 1 aliphatic heterocycles. The first-order valence-electron chi connectivity index (χ1n) is 7.07. The van der Waals surface area contributed by atoms with E-state index in [9.17, 15) is 9.18 Å². The van der Waals surface area contributed by atoms with Crippen LogP contribution in [0.15, 0.2) is 12.1 Å². The van der Waals surface area contributed by atoms with Gasteiger partial charge in [-0.05, 0) is 50.0 Å². The molecule has 4 nitrogen and oxygen atoms in total. The lowest BCUT2D eigenvalue weighted by molar-refractivity contribution is 0.0943. The van der Waals surface area contributed by atoms with Gasteiger partial charge in [0.2, 0.25) is 0 Å². The van der Waals surface area contributed by atoms with Crippen LogP contribution < -0.4 is 11.1 Å². The van der Waals surface area contributed by atoms with Crippen LogP contribution in [0.4, 0.5) is 10.1 Å². The molecule has 1 saturated heterocycles. The zero-order valence-electron chi connectivity index (χ0n) is 12.1. The van der Waals surface area contributed by atoms with Gasteiger partial charge in [0, 0.05) is 18.8 Å². The molecule has 0 spiro atoms. The number of hydrogen-bond donors (Lipinski definition) is 2. The number of carbonyl (C=O) groups is 1. The fourth-order valence-corrected chi connectivity index (χ4v) is 2.66. The largest absolute Gasteiger partial charge is 0.399 e. The van der Waals surface area contributed by atoms with Crippen LogP contribution in [0.2, 0.25) is 0 Å². The Morgan fingerprint density at radius 1 is 1.55 bits per heavy atom. The molecular weight excluding hydrogens is 257 g/mol. The molecule has 1 unspecified atom stereocenters. The summed E-state index contributed by atoms with van der Waals surface area (Å²) < 4.78 is 13.9. The summed E-state index contributed by atoms with van der Waals surface area (Å²) in [6, 6.07) is 2.92. The number of carbonyl (C=O) groups excluding carboxylic acids is 1. The lowest BCUT2D eigenvalue weighted by atomic mass is 10.1. The van der Waals surface area contributed by atoms with Crippen LogP contribution in [0.3, 0.4) is 0 Å². The molecule has 0 aromatic heterocycles. The molecule has 20 heavy (non-hydrogen) atoms. The van der Waals surface area contributed by atoms with E-state index in [0.717, 1.165) is 26.1 Å². The number of rotatable bonds is 4. The van der Waals surface area contributed by atoms with Gasteiger partial charge in [-0.3, -0.25) is 4.79 Å². The lowest BCUT2D eigenvalue weighted by Crippen LogP contribution is -2.31. The van der Waals surface area contributed by atoms with Crippen LogP contribution in [0.25, 0.3) is 0 Å². The first kappa shape index (κ1) is 14.8. The molecule has 1 aromatic rings. The summed E-state index contributed by atoms with van der Waals surface area (Å²) in [6.45, 7) is 7.43. The molecule has 0 aliphatic carbocycles. The standard InChI is InChI=1S/C15H22FN3O/c1-3-19-5-4-11(9-19)8-18-15(20)13-7-12(17)6-10(2)14(13)16/h6-7,11H,3-5,8-9,17H2,1-2H3,(H,18,20). The van der Waals surface area contributed by atoms with E-state index < -0.39 is 5.82 Å². The highest BCUT2D eigenvalue weighted by Crippen LogP contribution is 2.18. The van der Waals surface area contributed by atoms with Crippen molar-refractivity contribution in [2.75, 3.05) is 31.9 Å². The highest BCUT2D eigenvalue weighted by atomic mass is 19.1. The molecule has 3 N–H and O–H groups in total. The number of likely N-dealkylation sites (tertiary alicyclic amines) is 1. The maximum absolute atomic E-state index is 13.9. The molecule has 2 rings (SSSR count). The SMILES string of the molecule is CCN1CCC(CNC(=O)c2cc(N)cc(C)c2F)C1. The number of halogens is 1. The topological polar surface area (TPSA) is 58.4 Å². The fourth-order valence-electron chi connectivity index (χ4n) is 2.66. The normalized spacial score (nSPS) is 19.2. The maximum Gasteiger partial charge on any atom is 0.254 e. The first-order valence-corrected chi connectivity index (χ1v) is 7.07. The summed E-state index contributed by atoms with van der Waals surface area (Å²) in [5.41, 5.74) is 6.51. The van der Waals surface area contributed by atoms with E-state index in [2.05, 4.69) is 17.1 Å². The Bertz CT molecular complexity index is 504. The van der Waals surface area contributed by atoms with E-state index in [4.69, 9.17) is 5.73 Å². The smallest absolute Gasteiger partial charge is 0.254 e. The minimum atomic E-state index is -0.488. The third-order valence-electron chi connectivity index (χ3n) is 3.89. The van der Waals surface area contributed by atoms with Crippen LogP contribution in [0.1, 0.15) is 29.3 Å². The number of hydrogen-bond acceptors (Lipinski definition) is 3. The van der Waals surface area contributed by atoms with Crippen molar-refractivity contribution in [3.8, 4) is 0 Å². The molecule has 1 aromatic carbocycles. The Balaban J connectivity index is 1.96. The van der Waals surface area contributed by atoms with Gasteiger partial charge in [-0.25, -0.2) is 4.39 Å². The minimum Gasteiger partial charge on any atom is -0.399 e. The zero-order chi connectivity index (χ0) is 14.7. The lowest BCUT2D eigenvalue weighted by Gasteiger charge is -2.14. The van der Waals surface area contributed by atoms with Crippen molar-refractivity contribution in [3.63, 3.8) is 0 Å². The van der Waals surface area contributed by atoms with Gasteiger partial charge >= 0.3 is 0 Å². The summed E-state index contributed by atoms with van der Waals surface area (Å²) in [6.07, 6.45) is 1.08. The first-order chi connectivity index (χ1) is 9.51. The highest BCUT2D eigenvalue weighted by molar-refractivity contribution is 5.95. The number of nitrogens with two attached hydrogens (primary N) is 1. The third-order valence-corrected chi connectivity index (χ3v) is 3.89. The average molecular weight is 279 g/mol. The van der Waals surface area contributed by atoms with Crippen LogP contribution >= 0.6 is 0 Å². The predicted molar refractivity (Wildman–Crippen MR) is 78.1 cm³/mol. The summed E-state index contributed by atoms with van der Waals surface area (Å²) in [5, 5.41) is 2.82. The third kappa shape index (κ3) is 3.28. The van der Waals surface area contributed by atoms with Gasteiger partial charge in [-0.1, -0.05) is 6.92 Å². The number of nitrogens with one attached hydrogen (secondary N) is 1. The van der Waals surface area contributed by atoms with E-state index >= 15 is 0 Å². The average Bonchev–Trinajstić information content (AvgIpc) is 2.88. The van der Waals surface area contributed by atoms with Gasteiger partial charge < -0.3 is 16.0 Å². The molecule has 1 aliphatic rings. The Morgan fingerprint density at radius 3 is 2.95 bits per heavy atom. The molecule has 1 atom stereocenters. The van der Waals surface area contributed by atoms with Gasteiger partial charge in [0.1, 0.15) is 5.82 Å². The van der Waals surface area contributed by atoms with Gasteiger partial charge in [0.15, 0.2) is 0 Å². The molecule has 110 valence electrons. The molecule has 0 radical (unpaired) electrons. The second-order valence-electron chi connectivity index (χ2n) is 5.46. The minimum absolute atomic E-state index is 0.0350. The maximum atomic E-state index is 13.9. The Hall–Kier alpha value is -1.62. The van der Waals surface area contributed by atoms with Crippen molar-refractivity contribution in [2.24, 2.45) is 5.92 Å². The summed E-state index contributed by atoms with van der Waals surface area (Å²) >= 11 is 0. The van der Waals surface area contributed by atoms with Crippen molar-refractivity contribution in [2.45, 2.75) is 20.3 Å². The highest BCUT2D eigenvalue weighted by Gasteiger charge is 2.22. The molecular formula is C15H22FN3O. The van der Waals surface area contributed by atoms with Crippen molar-refractivity contribution in [3.05, 3.63) is 29.1 Å². The molecule has 5 heteroatoms. The number of nitrogens with zero attached hydrogens (tertiary/aromatic N) is 1. The molecule has 0 saturated carbocycles. The van der Waals surface area contributed by atoms with Crippen LogP contribution in [0, 0.1) is 18.7 Å². The predicted octanol–water partition coefficient (Wildman–Crippen LogP) is 1.79. The number of anilines is 1. The molecule has 0 bridgehead atoms. The van der Waals surface area contributed by atoms with Crippen LogP contribution in [0.5, 0.6) is 0 Å². The fraction of sp³-hybridized carbons (Fsp3) is 0.533. The van der Waals surface area contributed by atoms with Gasteiger partial charge in [-0.2, -0.15) is 0 Å². The second-order valence-corrected chi connectivity index (χ2v) is 5.46. The number of amides is 1. The molecule has 1 amide bonds. The summed E-state index contributed by atoms with van der Waals surface area (Å²) in [4.78, 5) is 14.4. The van der Waals surface area contributed by atoms with E-state index in [1.54, 1.807) is 6.92 Å². The van der Waals surface area contributed by atoms with E-state index in [1.807, 2.05) is 0 Å². The van der Waals surface area contributed by atoms with Crippen LogP contribution in [-0.4, -0.2) is 37.0 Å². The monoisotopic (exact) mass is 279 g/mol. The second kappa shape index (κ2) is 6.22. The van der Waals surface area contributed by atoms with Gasteiger partial charge in [0.25, 0.3) is 5.91 Å². The Morgan fingerprint density at radius 2 is 2.30 bits per heavy atom. The van der Waals surface area contributed by atoms with Crippen molar-refractivity contribution in [1.82, 2.24) is 10.2 Å². The van der Waals surface area contributed by atoms with Gasteiger partial charge in [0.05, 0.1) is 5.56 Å². The number of benzene rings is 1. The van der Waals surface area contributed by atoms with E-state index in [-0.39, 0.29) is 11.5 Å². The van der Waals surface area contributed by atoms with E-state index in [0.29, 0.717) is 23.7 Å². The number of nitrogen functional groups attached to an aromatic ring is 1. The van der Waals surface area contributed by atoms with E-state index in [1.165, 1.54) is 12.1 Å². The molecule has 1 heterocycles. The number of aryl methyl sites for hydroxylation is 1. The summed E-state index contributed by atoms with van der Waals surface area (Å²) in [5.74, 6) is -0.421. The zero-order valence-corrected chi connectivity index (χ0v) is 12.1. The Kier molecular flexibility index (Phi) is 4.60. The molecule has 1 fully saturated rings. The van der Waals surface area contributed by atoms with Crippen molar-refractivity contribution in [1.29, 1.82) is 0 Å². The Labute approximate surface area is 119 Å². The van der Waals surface area contributed by atoms with Crippen molar-refractivity contribution >= 4 is 11.6 Å². The van der Waals surface area contributed by atoms with Gasteiger partial charge in [-0.15, -0.1) is 0 Å². The quantitative estimate of drug-likeness (QED) is 0.826. The van der Waals surface area contributed by atoms with Crippen LogP contribution in [-0.2, 0) is 0 Å².